The van der Waals surface area contributed by atoms with Crippen molar-refractivity contribution in [1.29, 1.82) is 0 Å². The van der Waals surface area contributed by atoms with Crippen molar-refractivity contribution in [2.45, 2.75) is 17.7 Å². The van der Waals surface area contributed by atoms with Gasteiger partial charge in [0.2, 0.25) is 10.0 Å². The van der Waals surface area contributed by atoms with Gasteiger partial charge in [-0.1, -0.05) is 5.92 Å². The largest absolute Gasteiger partial charge is 0.478 e. The number of nitrogens with zero attached hydrogens (tertiary/aromatic N) is 1. The van der Waals surface area contributed by atoms with Gasteiger partial charge in [0.1, 0.15) is 0 Å². The van der Waals surface area contributed by atoms with Gasteiger partial charge in [0.05, 0.1) is 17.0 Å². The van der Waals surface area contributed by atoms with Crippen molar-refractivity contribution in [3.8, 4) is 12.3 Å². The molecule has 0 radical (unpaired) electrons. The summed E-state index contributed by atoms with van der Waals surface area (Å²) in [7, 11) is -3.96. The second kappa shape index (κ2) is 5.76. The molecule has 7 heteroatoms. The Kier molecular flexibility index (Phi) is 4.21. The van der Waals surface area contributed by atoms with E-state index in [0.717, 1.165) is 23.2 Å². The van der Waals surface area contributed by atoms with Gasteiger partial charge in [0.25, 0.3) is 0 Å². The molecule has 112 valence electrons. The molecule has 1 aliphatic carbocycles. The maximum Gasteiger partial charge on any atom is 0.337 e. The SMILES string of the molecule is C#CCN(CC1CC1)S(=O)(=O)c1ccc(N)cc1C(=O)O. The molecule has 0 heterocycles. The quantitative estimate of drug-likeness (QED) is 0.603. The minimum absolute atomic E-state index is 0.0811. The van der Waals surface area contributed by atoms with Crippen molar-refractivity contribution in [3.05, 3.63) is 23.8 Å². The van der Waals surface area contributed by atoms with Crippen LogP contribution < -0.4 is 5.73 Å². The molecule has 0 saturated heterocycles. The average molecular weight is 308 g/mol. The molecule has 1 saturated carbocycles. The first-order chi connectivity index (χ1) is 9.86. The van der Waals surface area contributed by atoms with Gasteiger partial charge in [-0.3, -0.25) is 0 Å². The Bertz CT molecular complexity index is 702. The zero-order chi connectivity index (χ0) is 15.6. The minimum atomic E-state index is -3.96. The first-order valence-corrected chi connectivity index (χ1v) is 7.86. The number of rotatable bonds is 6. The topological polar surface area (TPSA) is 101 Å². The summed E-state index contributed by atoms with van der Waals surface area (Å²) in [6, 6.07) is 3.72. The highest BCUT2D eigenvalue weighted by Crippen LogP contribution is 2.32. The second-order valence-corrected chi connectivity index (χ2v) is 6.91. The van der Waals surface area contributed by atoms with Gasteiger partial charge in [-0.15, -0.1) is 6.42 Å². The molecule has 0 unspecified atom stereocenters. The first kappa shape index (κ1) is 15.4. The molecule has 1 aliphatic rings. The lowest BCUT2D eigenvalue weighted by molar-refractivity contribution is 0.0692. The Morgan fingerprint density at radius 3 is 2.67 bits per heavy atom. The number of carboxylic acids is 1. The molecule has 21 heavy (non-hydrogen) atoms. The van der Waals surface area contributed by atoms with Gasteiger partial charge in [-0.2, -0.15) is 4.31 Å². The molecule has 0 aromatic heterocycles. The number of carboxylic acid groups (broad SMARTS) is 1. The molecule has 1 aromatic carbocycles. The van der Waals surface area contributed by atoms with Crippen LogP contribution in [0.1, 0.15) is 23.2 Å². The second-order valence-electron chi connectivity index (χ2n) is 5.01. The molecule has 0 spiro atoms. The number of nitrogens with two attached hydrogens (primary N) is 1. The maximum atomic E-state index is 12.6. The van der Waals surface area contributed by atoms with Gasteiger partial charge < -0.3 is 10.8 Å². The summed E-state index contributed by atoms with van der Waals surface area (Å²) in [5, 5.41) is 9.18. The van der Waals surface area contributed by atoms with Crippen LogP contribution in [0.2, 0.25) is 0 Å². The predicted octanol–water partition coefficient (Wildman–Crippen LogP) is 1.00. The molecule has 3 N–H and O–H groups in total. The predicted molar refractivity (Wildman–Crippen MR) is 78.1 cm³/mol. The number of nitrogen functional groups attached to an aromatic ring is 1. The van der Waals surface area contributed by atoms with E-state index in [1.807, 2.05) is 0 Å². The van der Waals surface area contributed by atoms with E-state index in [0.29, 0.717) is 12.5 Å². The van der Waals surface area contributed by atoms with Gasteiger partial charge in [0.15, 0.2) is 0 Å². The third-order valence-corrected chi connectivity index (χ3v) is 5.15. The van der Waals surface area contributed by atoms with Gasteiger partial charge in [-0.25, -0.2) is 13.2 Å². The lowest BCUT2D eigenvalue weighted by Crippen LogP contribution is -2.34. The van der Waals surface area contributed by atoms with Crippen LogP contribution in [0.5, 0.6) is 0 Å². The molecule has 0 aliphatic heterocycles. The zero-order valence-electron chi connectivity index (χ0n) is 11.3. The number of sulfonamides is 1. The first-order valence-electron chi connectivity index (χ1n) is 6.42. The fourth-order valence-corrected chi connectivity index (χ4v) is 3.61. The summed E-state index contributed by atoms with van der Waals surface area (Å²) >= 11 is 0. The lowest BCUT2D eigenvalue weighted by atomic mass is 10.2. The molecular formula is C14H16N2O4S. The molecule has 0 bridgehead atoms. The molecule has 1 aromatic rings. The number of anilines is 1. The Hall–Kier alpha value is -2.04. The smallest absolute Gasteiger partial charge is 0.337 e. The van der Waals surface area contributed by atoms with E-state index in [9.17, 15) is 18.3 Å². The fourth-order valence-electron chi connectivity index (χ4n) is 2.02. The van der Waals surface area contributed by atoms with Gasteiger partial charge in [-0.05, 0) is 37.0 Å². The van der Waals surface area contributed by atoms with Crippen LogP contribution in [-0.4, -0.2) is 36.9 Å². The van der Waals surface area contributed by atoms with Crippen molar-refractivity contribution in [2.75, 3.05) is 18.8 Å². The normalized spacial score (nSPS) is 14.9. The number of hydrogen-bond donors (Lipinski definition) is 2. The Morgan fingerprint density at radius 2 is 2.14 bits per heavy atom. The highest BCUT2D eigenvalue weighted by Gasteiger charge is 2.33. The molecule has 1 fully saturated rings. The van der Waals surface area contributed by atoms with E-state index >= 15 is 0 Å². The number of benzene rings is 1. The highest BCUT2D eigenvalue weighted by atomic mass is 32.2. The number of terminal acetylenes is 1. The van der Waals surface area contributed by atoms with Crippen LogP contribution in [-0.2, 0) is 10.0 Å². The standard InChI is InChI=1S/C14H16N2O4S/c1-2-7-16(9-10-3-4-10)21(19,20)13-6-5-11(15)8-12(13)14(17)18/h1,5-6,8,10H,3-4,7,9,15H2,(H,17,18). The average Bonchev–Trinajstić information content (AvgIpc) is 3.21. The number of hydrogen-bond acceptors (Lipinski definition) is 4. The van der Waals surface area contributed by atoms with E-state index in [2.05, 4.69) is 5.92 Å². The fraction of sp³-hybridized carbons (Fsp3) is 0.357. The van der Waals surface area contributed by atoms with E-state index in [4.69, 9.17) is 12.2 Å². The Balaban J connectivity index is 2.46. The lowest BCUT2D eigenvalue weighted by Gasteiger charge is -2.20. The van der Waals surface area contributed by atoms with Gasteiger partial charge in [0, 0.05) is 12.2 Å². The van der Waals surface area contributed by atoms with E-state index in [1.54, 1.807) is 0 Å². The minimum Gasteiger partial charge on any atom is -0.478 e. The van der Waals surface area contributed by atoms with E-state index in [-0.39, 0.29) is 22.7 Å². The van der Waals surface area contributed by atoms with Crippen molar-refractivity contribution >= 4 is 21.7 Å². The molecule has 6 nitrogen and oxygen atoms in total. The summed E-state index contributed by atoms with van der Waals surface area (Å²) in [6.07, 6.45) is 7.15. The summed E-state index contributed by atoms with van der Waals surface area (Å²) in [4.78, 5) is 11.0. The summed E-state index contributed by atoms with van der Waals surface area (Å²) in [5.74, 6) is 1.27. The summed E-state index contributed by atoms with van der Waals surface area (Å²) < 4.78 is 26.5. The van der Waals surface area contributed by atoms with Crippen molar-refractivity contribution in [1.82, 2.24) is 4.31 Å². The molecule has 0 amide bonds. The molecule has 2 rings (SSSR count). The van der Waals surface area contributed by atoms with Crippen molar-refractivity contribution in [3.63, 3.8) is 0 Å². The summed E-state index contributed by atoms with van der Waals surface area (Å²) in [5.41, 5.74) is 5.38. The highest BCUT2D eigenvalue weighted by molar-refractivity contribution is 7.89. The number of aromatic carboxylic acids is 1. The Morgan fingerprint density at radius 1 is 1.48 bits per heavy atom. The van der Waals surface area contributed by atoms with Crippen LogP contribution in [0.25, 0.3) is 0 Å². The van der Waals surface area contributed by atoms with Crippen LogP contribution in [0.3, 0.4) is 0 Å². The monoisotopic (exact) mass is 308 g/mol. The van der Waals surface area contributed by atoms with Crippen LogP contribution in [0.15, 0.2) is 23.1 Å². The third-order valence-electron chi connectivity index (χ3n) is 3.28. The van der Waals surface area contributed by atoms with E-state index < -0.39 is 16.0 Å². The molecule has 0 atom stereocenters. The van der Waals surface area contributed by atoms with Crippen LogP contribution in [0, 0.1) is 18.3 Å². The van der Waals surface area contributed by atoms with Crippen molar-refractivity contribution < 1.29 is 18.3 Å². The number of carbonyl (C=O) groups is 1. The summed E-state index contributed by atoms with van der Waals surface area (Å²) in [6.45, 7) is 0.234. The van der Waals surface area contributed by atoms with Crippen LogP contribution in [0.4, 0.5) is 5.69 Å². The van der Waals surface area contributed by atoms with Gasteiger partial charge >= 0.3 is 5.97 Å². The Labute approximate surface area is 123 Å². The zero-order valence-corrected chi connectivity index (χ0v) is 12.1. The maximum absolute atomic E-state index is 12.6. The van der Waals surface area contributed by atoms with Crippen molar-refractivity contribution in [2.24, 2.45) is 5.92 Å². The van der Waals surface area contributed by atoms with Crippen LogP contribution >= 0.6 is 0 Å². The molecular weight excluding hydrogens is 292 g/mol. The van der Waals surface area contributed by atoms with E-state index in [1.165, 1.54) is 12.1 Å². The third kappa shape index (κ3) is 3.35.